The van der Waals surface area contributed by atoms with Crippen LogP contribution in [0.5, 0.6) is 0 Å². The van der Waals surface area contributed by atoms with E-state index in [1.807, 2.05) is 0 Å². The molecule has 1 unspecified atom stereocenters. The smallest absolute Gasteiger partial charge is 0.238 e. The second kappa shape index (κ2) is 6.01. The Balaban J connectivity index is 1.95. The summed E-state index contributed by atoms with van der Waals surface area (Å²) in [5.41, 5.74) is 2.60. The Hall–Kier alpha value is -2.22. The zero-order chi connectivity index (χ0) is 17.5. The number of nitrogens with zero attached hydrogens (tertiary/aromatic N) is 1. The van der Waals surface area contributed by atoms with Gasteiger partial charge in [0.05, 0.1) is 10.6 Å². The standard InChI is InChI=1S/C16H14ClN3O3S/c1-9(19-11-3-5-12(6-4-11)24(18,22)23)15-13-8-10(17)2-7-14(13)20-16(15)21/h2-8,15H,1H3,(H,20,21)(H2,18,22,23). The fraction of sp³-hybridized carbons (Fsp3) is 0.125. The van der Waals surface area contributed by atoms with Crippen molar-refractivity contribution in [1.82, 2.24) is 0 Å². The van der Waals surface area contributed by atoms with Gasteiger partial charge in [-0.3, -0.25) is 9.79 Å². The first-order valence-electron chi connectivity index (χ1n) is 7.04. The van der Waals surface area contributed by atoms with Gasteiger partial charge in [0, 0.05) is 16.4 Å². The number of carbonyl (C=O) groups excluding carboxylic acids is 1. The van der Waals surface area contributed by atoms with Crippen molar-refractivity contribution in [3.8, 4) is 0 Å². The van der Waals surface area contributed by atoms with Crippen LogP contribution < -0.4 is 10.5 Å². The van der Waals surface area contributed by atoms with Crippen molar-refractivity contribution in [2.45, 2.75) is 17.7 Å². The number of aliphatic imine (C=N–C) groups is 1. The summed E-state index contributed by atoms with van der Waals surface area (Å²) in [6, 6.07) is 11.0. The lowest BCUT2D eigenvalue weighted by atomic mass is 9.96. The molecule has 124 valence electrons. The van der Waals surface area contributed by atoms with Gasteiger partial charge in [0.2, 0.25) is 15.9 Å². The van der Waals surface area contributed by atoms with Gasteiger partial charge in [-0.05, 0) is 55.0 Å². The molecule has 1 aliphatic rings. The van der Waals surface area contributed by atoms with Gasteiger partial charge in [0.1, 0.15) is 5.92 Å². The Morgan fingerprint density at radius 1 is 1.21 bits per heavy atom. The van der Waals surface area contributed by atoms with Gasteiger partial charge >= 0.3 is 0 Å². The number of benzene rings is 2. The number of hydrogen-bond donors (Lipinski definition) is 2. The zero-order valence-corrected chi connectivity index (χ0v) is 14.2. The molecule has 2 aromatic carbocycles. The maximum Gasteiger partial charge on any atom is 0.238 e. The second-order valence-corrected chi connectivity index (χ2v) is 7.44. The van der Waals surface area contributed by atoms with Crippen molar-refractivity contribution in [3.05, 3.63) is 53.1 Å². The molecule has 1 heterocycles. The molecular weight excluding hydrogens is 350 g/mol. The van der Waals surface area contributed by atoms with Crippen LogP contribution in [0.4, 0.5) is 11.4 Å². The van der Waals surface area contributed by atoms with Crippen LogP contribution in [0.3, 0.4) is 0 Å². The van der Waals surface area contributed by atoms with E-state index in [1.54, 1.807) is 25.1 Å². The van der Waals surface area contributed by atoms with Crippen molar-refractivity contribution < 1.29 is 13.2 Å². The maximum absolute atomic E-state index is 12.2. The number of nitrogens with two attached hydrogens (primary N) is 1. The second-order valence-electron chi connectivity index (χ2n) is 5.45. The Morgan fingerprint density at radius 2 is 1.88 bits per heavy atom. The van der Waals surface area contributed by atoms with E-state index in [0.717, 1.165) is 5.56 Å². The largest absolute Gasteiger partial charge is 0.325 e. The highest BCUT2D eigenvalue weighted by molar-refractivity contribution is 7.89. The SMILES string of the molecule is CC(=Nc1ccc(S(N)(=O)=O)cc1)C1C(=O)Nc2ccc(Cl)cc21. The fourth-order valence-electron chi connectivity index (χ4n) is 2.63. The first-order chi connectivity index (χ1) is 11.3. The molecule has 0 spiro atoms. The number of fused-ring (bicyclic) bond motifs is 1. The van der Waals surface area contributed by atoms with Crippen LogP contribution in [0.2, 0.25) is 5.02 Å². The Labute approximate surface area is 144 Å². The fourth-order valence-corrected chi connectivity index (χ4v) is 3.32. The van der Waals surface area contributed by atoms with Crippen molar-refractivity contribution in [1.29, 1.82) is 0 Å². The quantitative estimate of drug-likeness (QED) is 0.819. The van der Waals surface area contributed by atoms with E-state index < -0.39 is 15.9 Å². The van der Waals surface area contributed by atoms with E-state index in [1.165, 1.54) is 24.3 Å². The number of sulfonamides is 1. The molecule has 6 nitrogen and oxygen atoms in total. The molecule has 0 aromatic heterocycles. The predicted octanol–water partition coefficient (Wildman–Crippen LogP) is 2.82. The third-order valence-electron chi connectivity index (χ3n) is 3.73. The molecule has 0 fully saturated rings. The molecule has 2 aromatic rings. The number of hydrogen-bond acceptors (Lipinski definition) is 4. The van der Waals surface area contributed by atoms with E-state index in [2.05, 4.69) is 10.3 Å². The van der Waals surface area contributed by atoms with Gasteiger partial charge in [0.25, 0.3) is 0 Å². The van der Waals surface area contributed by atoms with Crippen LogP contribution in [-0.2, 0) is 14.8 Å². The monoisotopic (exact) mass is 363 g/mol. The van der Waals surface area contributed by atoms with E-state index in [4.69, 9.17) is 16.7 Å². The third kappa shape index (κ3) is 3.19. The molecule has 0 radical (unpaired) electrons. The summed E-state index contributed by atoms with van der Waals surface area (Å²) in [4.78, 5) is 16.7. The Morgan fingerprint density at radius 3 is 2.50 bits per heavy atom. The Bertz CT molecular complexity index is 953. The summed E-state index contributed by atoms with van der Waals surface area (Å²) in [7, 11) is -3.74. The molecule has 1 atom stereocenters. The van der Waals surface area contributed by atoms with E-state index in [-0.39, 0.29) is 10.8 Å². The van der Waals surface area contributed by atoms with Crippen molar-refractivity contribution >= 4 is 44.6 Å². The minimum absolute atomic E-state index is 0.00911. The van der Waals surface area contributed by atoms with Gasteiger partial charge in [-0.15, -0.1) is 0 Å². The number of primary sulfonamides is 1. The molecule has 24 heavy (non-hydrogen) atoms. The van der Waals surface area contributed by atoms with Crippen LogP contribution in [0.1, 0.15) is 18.4 Å². The number of anilines is 1. The highest BCUT2D eigenvalue weighted by Gasteiger charge is 2.32. The number of halogens is 1. The van der Waals surface area contributed by atoms with Gasteiger partial charge < -0.3 is 5.32 Å². The summed E-state index contributed by atoms with van der Waals surface area (Å²) < 4.78 is 22.5. The lowest BCUT2D eigenvalue weighted by molar-refractivity contribution is -0.115. The highest BCUT2D eigenvalue weighted by Crippen LogP contribution is 2.36. The van der Waals surface area contributed by atoms with Crippen LogP contribution in [0.15, 0.2) is 52.4 Å². The molecule has 0 saturated heterocycles. The average molecular weight is 364 g/mol. The number of amides is 1. The lowest BCUT2D eigenvalue weighted by Gasteiger charge is -2.09. The first-order valence-corrected chi connectivity index (χ1v) is 8.96. The molecular formula is C16H14ClN3O3S. The number of nitrogens with one attached hydrogen (secondary N) is 1. The van der Waals surface area contributed by atoms with Crippen molar-refractivity contribution in [2.75, 3.05) is 5.32 Å². The summed E-state index contributed by atoms with van der Waals surface area (Å²) in [5, 5.41) is 8.40. The van der Waals surface area contributed by atoms with E-state index in [9.17, 15) is 13.2 Å². The van der Waals surface area contributed by atoms with Crippen LogP contribution in [0.25, 0.3) is 0 Å². The molecule has 8 heteroatoms. The molecule has 1 aliphatic heterocycles. The average Bonchev–Trinajstić information content (AvgIpc) is 2.82. The minimum atomic E-state index is -3.74. The number of rotatable bonds is 3. The zero-order valence-electron chi connectivity index (χ0n) is 12.7. The third-order valence-corrected chi connectivity index (χ3v) is 4.90. The van der Waals surface area contributed by atoms with Gasteiger partial charge in [-0.25, -0.2) is 13.6 Å². The molecule has 3 rings (SSSR count). The molecule has 1 amide bonds. The predicted molar refractivity (Wildman–Crippen MR) is 93.4 cm³/mol. The summed E-state index contributed by atoms with van der Waals surface area (Å²) >= 11 is 6.01. The van der Waals surface area contributed by atoms with Gasteiger partial charge in [0.15, 0.2) is 0 Å². The van der Waals surface area contributed by atoms with Gasteiger partial charge in [-0.2, -0.15) is 0 Å². The topological polar surface area (TPSA) is 102 Å². The van der Waals surface area contributed by atoms with Crippen LogP contribution in [0, 0.1) is 0 Å². The van der Waals surface area contributed by atoms with Crippen LogP contribution in [-0.4, -0.2) is 20.0 Å². The minimum Gasteiger partial charge on any atom is -0.325 e. The normalized spacial score (nSPS) is 17.5. The first kappa shape index (κ1) is 16.6. The highest BCUT2D eigenvalue weighted by atomic mass is 35.5. The Kier molecular flexibility index (Phi) is 4.16. The summed E-state index contributed by atoms with van der Waals surface area (Å²) in [6.45, 7) is 1.74. The molecule has 0 saturated carbocycles. The maximum atomic E-state index is 12.2. The number of carbonyl (C=O) groups is 1. The summed E-state index contributed by atoms with van der Waals surface area (Å²) in [5.74, 6) is -0.703. The summed E-state index contributed by atoms with van der Waals surface area (Å²) in [6.07, 6.45) is 0. The van der Waals surface area contributed by atoms with Crippen molar-refractivity contribution in [3.63, 3.8) is 0 Å². The molecule has 0 bridgehead atoms. The van der Waals surface area contributed by atoms with E-state index in [0.29, 0.717) is 22.1 Å². The van der Waals surface area contributed by atoms with Gasteiger partial charge in [-0.1, -0.05) is 11.6 Å². The van der Waals surface area contributed by atoms with Crippen LogP contribution >= 0.6 is 11.6 Å². The van der Waals surface area contributed by atoms with E-state index >= 15 is 0 Å². The molecule has 0 aliphatic carbocycles. The lowest BCUT2D eigenvalue weighted by Crippen LogP contribution is -2.18. The molecule has 3 N–H and O–H groups in total. The van der Waals surface area contributed by atoms with Crippen molar-refractivity contribution in [2.24, 2.45) is 10.1 Å².